The molecule has 1 aliphatic heterocycles. The zero-order valence-corrected chi connectivity index (χ0v) is 15.4. The number of nitrogens with one attached hydrogen (secondary N) is 2. The molecule has 0 unspecified atom stereocenters. The Morgan fingerprint density at radius 3 is 2.39 bits per heavy atom. The number of nitrogens with two attached hydrogens (primary N) is 1. The lowest BCUT2D eigenvalue weighted by Crippen LogP contribution is -2.13. The number of nitrogen functional groups attached to an aromatic ring is 1. The van der Waals surface area contributed by atoms with Gasteiger partial charge in [0.15, 0.2) is 0 Å². The Hall–Kier alpha value is -3.58. The highest BCUT2D eigenvalue weighted by atomic mass is 32.2. The van der Waals surface area contributed by atoms with Gasteiger partial charge in [0.25, 0.3) is 15.9 Å². The Bertz CT molecular complexity index is 1410. The fraction of sp³-hybridized carbons (Fsp3) is 0. The lowest BCUT2D eigenvalue weighted by Gasteiger charge is -2.13. The summed E-state index contributed by atoms with van der Waals surface area (Å²) in [7, 11) is -3.90. The van der Waals surface area contributed by atoms with Crippen molar-refractivity contribution >= 4 is 54.5 Å². The lowest BCUT2D eigenvalue weighted by atomic mass is 10.1. The van der Waals surface area contributed by atoms with Crippen LogP contribution < -0.4 is 15.8 Å². The predicted octanol–water partition coefficient (Wildman–Crippen LogP) is 3.94. The van der Waals surface area contributed by atoms with Crippen molar-refractivity contribution in [3.63, 3.8) is 0 Å². The SMILES string of the molecule is Nc1cccc2c(NS(=O)(=O)c3ccc4c5c(cccc35)C(=O)N4)cccc12. The van der Waals surface area contributed by atoms with Crippen LogP contribution in [0.15, 0.2) is 71.6 Å². The molecule has 4 N–H and O–H groups in total. The number of carbonyl (C=O) groups excluding carboxylic acids is 1. The zero-order chi connectivity index (χ0) is 19.5. The Morgan fingerprint density at radius 2 is 1.54 bits per heavy atom. The van der Waals surface area contributed by atoms with Gasteiger partial charge < -0.3 is 11.1 Å². The van der Waals surface area contributed by atoms with E-state index in [1.807, 2.05) is 12.1 Å². The normalized spacial score (nSPS) is 13.1. The van der Waals surface area contributed by atoms with Crippen molar-refractivity contribution in [3.05, 3.63) is 72.3 Å². The smallest absolute Gasteiger partial charge is 0.262 e. The maximum absolute atomic E-state index is 13.2. The third-order valence-corrected chi connectivity index (χ3v) is 6.41. The zero-order valence-electron chi connectivity index (χ0n) is 14.6. The molecular weight excluding hydrogens is 374 g/mol. The summed E-state index contributed by atoms with van der Waals surface area (Å²) in [5.74, 6) is -0.229. The van der Waals surface area contributed by atoms with Crippen molar-refractivity contribution in [3.8, 4) is 0 Å². The number of hydrogen-bond acceptors (Lipinski definition) is 4. The second-order valence-electron chi connectivity index (χ2n) is 6.65. The van der Waals surface area contributed by atoms with E-state index in [2.05, 4.69) is 10.0 Å². The van der Waals surface area contributed by atoms with E-state index < -0.39 is 10.0 Å². The molecule has 138 valence electrons. The number of fused-ring (bicyclic) bond motifs is 1. The number of sulfonamides is 1. The second kappa shape index (κ2) is 5.71. The van der Waals surface area contributed by atoms with E-state index in [9.17, 15) is 13.2 Å². The quantitative estimate of drug-likeness (QED) is 0.462. The van der Waals surface area contributed by atoms with E-state index in [1.165, 1.54) is 6.07 Å². The molecule has 4 aromatic rings. The number of hydrogen-bond donors (Lipinski definition) is 3. The van der Waals surface area contributed by atoms with Crippen molar-refractivity contribution in [2.45, 2.75) is 4.90 Å². The molecule has 1 heterocycles. The topological polar surface area (TPSA) is 101 Å². The summed E-state index contributed by atoms with van der Waals surface area (Å²) < 4.78 is 29.1. The van der Waals surface area contributed by atoms with Crippen LogP contribution in [0.4, 0.5) is 17.1 Å². The Morgan fingerprint density at radius 1 is 0.821 bits per heavy atom. The first kappa shape index (κ1) is 16.6. The highest BCUT2D eigenvalue weighted by molar-refractivity contribution is 7.93. The molecule has 4 aromatic carbocycles. The van der Waals surface area contributed by atoms with E-state index in [-0.39, 0.29) is 10.8 Å². The summed E-state index contributed by atoms with van der Waals surface area (Å²) in [6.45, 7) is 0. The van der Waals surface area contributed by atoms with Gasteiger partial charge in [-0.25, -0.2) is 8.42 Å². The molecule has 0 saturated heterocycles. The highest BCUT2D eigenvalue weighted by Crippen LogP contribution is 2.37. The van der Waals surface area contributed by atoms with E-state index >= 15 is 0 Å². The molecule has 1 amide bonds. The number of carbonyl (C=O) groups is 1. The van der Waals surface area contributed by atoms with Crippen LogP contribution in [0.3, 0.4) is 0 Å². The van der Waals surface area contributed by atoms with Crippen LogP contribution in [0.5, 0.6) is 0 Å². The molecule has 7 heteroatoms. The van der Waals surface area contributed by atoms with Gasteiger partial charge in [-0.15, -0.1) is 0 Å². The number of amides is 1. The molecule has 0 aliphatic carbocycles. The van der Waals surface area contributed by atoms with Gasteiger partial charge in [0.1, 0.15) is 0 Å². The van der Waals surface area contributed by atoms with Crippen molar-refractivity contribution in [2.24, 2.45) is 0 Å². The summed E-state index contributed by atoms with van der Waals surface area (Å²) in [4.78, 5) is 12.2. The second-order valence-corrected chi connectivity index (χ2v) is 8.30. The molecule has 5 rings (SSSR count). The average Bonchev–Trinajstić information content (AvgIpc) is 3.00. The third-order valence-electron chi connectivity index (χ3n) is 4.98. The van der Waals surface area contributed by atoms with E-state index in [4.69, 9.17) is 5.73 Å². The Kier molecular flexibility index (Phi) is 3.38. The maximum Gasteiger partial charge on any atom is 0.262 e. The summed E-state index contributed by atoms with van der Waals surface area (Å²) >= 11 is 0. The molecule has 0 spiro atoms. The summed E-state index contributed by atoms with van der Waals surface area (Å²) in [5, 5.41) is 5.38. The first-order valence-electron chi connectivity index (χ1n) is 8.63. The van der Waals surface area contributed by atoms with E-state index in [0.717, 1.165) is 5.39 Å². The molecule has 0 fully saturated rings. The van der Waals surface area contributed by atoms with Gasteiger partial charge in [0.2, 0.25) is 0 Å². The van der Waals surface area contributed by atoms with Crippen LogP contribution in [0.1, 0.15) is 10.4 Å². The summed E-state index contributed by atoms with van der Waals surface area (Å²) in [6.07, 6.45) is 0. The fourth-order valence-electron chi connectivity index (χ4n) is 3.72. The largest absolute Gasteiger partial charge is 0.398 e. The Balaban J connectivity index is 1.69. The molecule has 0 atom stereocenters. The molecule has 28 heavy (non-hydrogen) atoms. The summed E-state index contributed by atoms with van der Waals surface area (Å²) in [6, 6.07) is 18.9. The Labute approximate surface area is 161 Å². The van der Waals surface area contributed by atoms with Crippen LogP contribution in [0, 0.1) is 0 Å². The minimum Gasteiger partial charge on any atom is -0.398 e. The van der Waals surface area contributed by atoms with Gasteiger partial charge in [-0.2, -0.15) is 0 Å². The first-order chi connectivity index (χ1) is 13.5. The van der Waals surface area contributed by atoms with Gasteiger partial charge >= 0.3 is 0 Å². The van der Waals surface area contributed by atoms with Crippen LogP contribution in [-0.4, -0.2) is 14.3 Å². The van der Waals surface area contributed by atoms with Crippen LogP contribution in [-0.2, 0) is 10.0 Å². The molecule has 1 aliphatic rings. The standard InChI is InChI=1S/C21H15N3O3S/c22-16-8-2-5-13-12(16)4-3-9-17(13)24-28(26,27)19-11-10-18-20-14(19)6-1-7-15(20)21(25)23-18/h1-11,24H,22H2,(H,23,25). The predicted molar refractivity (Wildman–Crippen MR) is 111 cm³/mol. The van der Waals surface area contributed by atoms with Crippen LogP contribution in [0.2, 0.25) is 0 Å². The highest BCUT2D eigenvalue weighted by Gasteiger charge is 2.26. The molecule has 0 aromatic heterocycles. The van der Waals surface area contributed by atoms with Crippen molar-refractivity contribution in [2.75, 3.05) is 15.8 Å². The van der Waals surface area contributed by atoms with Gasteiger partial charge in [-0.3, -0.25) is 9.52 Å². The molecule has 0 radical (unpaired) electrons. The number of benzene rings is 4. The lowest BCUT2D eigenvalue weighted by molar-refractivity contribution is 0.103. The minimum atomic E-state index is -3.90. The van der Waals surface area contributed by atoms with Crippen molar-refractivity contribution < 1.29 is 13.2 Å². The number of rotatable bonds is 3. The van der Waals surface area contributed by atoms with Crippen molar-refractivity contribution in [1.82, 2.24) is 0 Å². The number of anilines is 3. The third kappa shape index (κ3) is 2.33. The minimum absolute atomic E-state index is 0.116. The first-order valence-corrected chi connectivity index (χ1v) is 10.1. The van der Waals surface area contributed by atoms with Crippen LogP contribution in [0.25, 0.3) is 21.5 Å². The average molecular weight is 389 g/mol. The van der Waals surface area contributed by atoms with Crippen LogP contribution >= 0.6 is 0 Å². The fourth-order valence-corrected chi connectivity index (χ4v) is 5.00. The van der Waals surface area contributed by atoms with E-state index in [1.54, 1.807) is 48.5 Å². The maximum atomic E-state index is 13.2. The van der Waals surface area contributed by atoms with Gasteiger partial charge in [-0.05, 0) is 30.3 Å². The van der Waals surface area contributed by atoms with Gasteiger partial charge in [0.05, 0.1) is 10.6 Å². The molecule has 0 saturated carbocycles. The molecule has 0 bridgehead atoms. The summed E-state index contributed by atoms with van der Waals surface area (Å²) in [5.41, 5.74) is 8.13. The van der Waals surface area contributed by atoms with Gasteiger partial charge in [0, 0.05) is 38.5 Å². The van der Waals surface area contributed by atoms with E-state index in [0.29, 0.717) is 38.8 Å². The monoisotopic (exact) mass is 389 g/mol. The molecular formula is C21H15N3O3S. The van der Waals surface area contributed by atoms with Crippen molar-refractivity contribution in [1.29, 1.82) is 0 Å². The molecule has 6 nitrogen and oxygen atoms in total. The van der Waals surface area contributed by atoms with Gasteiger partial charge in [-0.1, -0.05) is 36.4 Å².